The van der Waals surface area contributed by atoms with E-state index in [1.807, 2.05) is 4.72 Å². The number of benzene rings is 2. The van der Waals surface area contributed by atoms with Gasteiger partial charge in [0.15, 0.2) is 5.78 Å². The molecule has 0 radical (unpaired) electrons. The monoisotopic (exact) mass is 333 g/mol. The number of ketones is 1. The van der Waals surface area contributed by atoms with Crippen molar-refractivity contribution in [1.29, 1.82) is 0 Å². The molecule has 0 aromatic heterocycles. The first-order chi connectivity index (χ1) is 10.8. The van der Waals surface area contributed by atoms with Gasteiger partial charge in [-0.05, 0) is 43.3 Å². The zero-order valence-corrected chi connectivity index (χ0v) is 13.4. The summed E-state index contributed by atoms with van der Waals surface area (Å²) in [7, 11) is -2.57. The molecule has 1 N–H and O–H groups in total. The number of carbonyl (C=O) groups is 2. The Morgan fingerprint density at radius 2 is 1.65 bits per heavy atom. The molecule has 2 aromatic carbocycles. The fourth-order valence-electron chi connectivity index (χ4n) is 1.86. The fraction of sp³-hybridized carbons (Fsp3) is 0.125. The zero-order chi connectivity index (χ0) is 17.0. The third-order valence-electron chi connectivity index (χ3n) is 3.13. The van der Waals surface area contributed by atoms with Gasteiger partial charge in [-0.1, -0.05) is 12.1 Å². The second kappa shape index (κ2) is 6.62. The van der Waals surface area contributed by atoms with E-state index in [4.69, 9.17) is 4.74 Å². The predicted molar refractivity (Wildman–Crippen MR) is 84.1 cm³/mol. The molecule has 0 aliphatic carbocycles. The van der Waals surface area contributed by atoms with Crippen LogP contribution >= 0.6 is 0 Å². The number of ether oxygens (including phenoxy) is 1. The van der Waals surface area contributed by atoms with Crippen LogP contribution in [0.25, 0.3) is 0 Å². The number of hydrogen-bond acceptors (Lipinski definition) is 5. The van der Waals surface area contributed by atoms with E-state index in [1.54, 1.807) is 12.1 Å². The average molecular weight is 333 g/mol. The molecule has 0 saturated heterocycles. The highest BCUT2D eigenvalue weighted by Crippen LogP contribution is 2.14. The molecule has 0 atom stereocenters. The molecule has 2 rings (SSSR count). The summed E-state index contributed by atoms with van der Waals surface area (Å²) in [6, 6.07) is 11.5. The summed E-state index contributed by atoms with van der Waals surface area (Å²) >= 11 is 0. The van der Waals surface area contributed by atoms with Gasteiger partial charge in [-0.25, -0.2) is 13.1 Å². The highest BCUT2D eigenvalue weighted by atomic mass is 32.2. The lowest BCUT2D eigenvalue weighted by atomic mass is 10.2. The second-order valence-corrected chi connectivity index (χ2v) is 6.43. The Balaban J connectivity index is 2.24. The Labute approximate surface area is 134 Å². The van der Waals surface area contributed by atoms with Gasteiger partial charge in [-0.2, -0.15) is 0 Å². The third kappa shape index (κ3) is 3.95. The first-order valence-electron chi connectivity index (χ1n) is 6.65. The van der Waals surface area contributed by atoms with Crippen LogP contribution in [0.1, 0.15) is 27.6 Å². The number of amides is 1. The van der Waals surface area contributed by atoms with Crippen LogP contribution in [0.15, 0.2) is 53.4 Å². The van der Waals surface area contributed by atoms with Gasteiger partial charge in [0.05, 0.1) is 12.0 Å². The van der Waals surface area contributed by atoms with Crippen LogP contribution in [0.2, 0.25) is 0 Å². The standard InChI is InChI=1S/C16H15NO5S/c1-11(18)13-4-3-5-15(10-13)23(20,21)17-16(19)12-6-8-14(22-2)9-7-12/h3-10H,1-2H3,(H,17,19). The summed E-state index contributed by atoms with van der Waals surface area (Å²) in [5.41, 5.74) is 0.432. The Bertz CT molecular complexity index is 841. The number of Topliss-reactive ketones (excluding diaryl/α,β-unsaturated/α-hetero) is 1. The second-order valence-electron chi connectivity index (χ2n) is 4.75. The Morgan fingerprint density at radius 1 is 1.00 bits per heavy atom. The van der Waals surface area contributed by atoms with Gasteiger partial charge in [0.1, 0.15) is 5.75 Å². The fourth-order valence-corrected chi connectivity index (χ4v) is 2.88. The van der Waals surface area contributed by atoms with Crippen molar-refractivity contribution in [3.63, 3.8) is 0 Å². The molecule has 0 heterocycles. The van der Waals surface area contributed by atoms with Gasteiger partial charge < -0.3 is 4.74 Å². The van der Waals surface area contributed by atoms with Gasteiger partial charge in [0.25, 0.3) is 15.9 Å². The van der Waals surface area contributed by atoms with Gasteiger partial charge >= 0.3 is 0 Å². The first kappa shape index (κ1) is 16.7. The molecule has 0 aliphatic rings. The van der Waals surface area contributed by atoms with Crippen molar-refractivity contribution >= 4 is 21.7 Å². The minimum Gasteiger partial charge on any atom is -0.497 e. The molecule has 1 amide bonds. The maximum absolute atomic E-state index is 12.2. The SMILES string of the molecule is COc1ccc(C(=O)NS(=O)(=O)c2cccc(C(C)=O)c2)cc1. The number of methoxy groups -OCH3 is 1. The van der Waals surface area contributed by atoms with Crippen LogP contribution in [0.5, 0.6) is 5.75 Å². The normalized spacial score (nSPS) is 10.9. The van der Waals surface area contributed by atoms with Crippen LogP contribution in [0, 0.1) is 0 Å². The number of sulfonamides is 1. The van der Waals surface area contributed by atoms with Crippen LogP contribution in [-0.4, -0.2) is 27.2 Å². The predicted octanol–water partition coefficient (Wildman–Crippen LogP) is 2.02. The van der Waals surface area contributed by atoms with Crippen LogP contribution in [0.3, 0.4) is 0 Å². The molecule has 0 aliphatic heterocycles. The highest BCUT2D eigenvalue weighted by Gasteiger charge is 2.19. The minimum absolute atomic E-state index is 0.146. The largest absolute Gasteiger partial charge is 0.497 e. The Morgan fingerprint density at radius 3 is 2.22 bits per heavy atom. The highest BCUT2D eigenvalue weighted by molar-refractivity contribution is 7.90. The molecule has 0 saturated carbocycles. The zero-order valence-electron chi connectivity index (χ0n) is 12.6. The van der Waals surface area contributed by atoms with Gasteiger partial charge in [-0.3, -0.25) is 9.59 Å². The summed E-state index contributed by atoms with van der Waals surface area (Å²) < 4.78 is 31.4. The van der Waals surface area contributed by atoms with Crippen molar-refractivity contribution in [3.8, 4) is 5.75 Å². The van der Waals surface area contributed by atoms with E-state index in [1.165, 1.54) is 50.4 Å². The molecule has 120 valence electrons. The van der Waals surface area contributed by atoms with E-state index in [0.717, 1.165) is 0 Å². The van der Waals surface area contributed by atoms with Crippen molar-refractivity contribution < 1.29 is 22.7 Å². The average Bonchev–Trinajstić information content (AvgIpc) is 2.54. The quantitative estimate of drug-likeness (QED) is 0.846. The summed E-state index contributed by atoms with van der Waals surface area (Å²) in [4.78, 5) is 23.2. The molecule has 7 heteroatoms. The Hall–Kier alpha value is -2.67. The molecular weight excluding hydrogens is 318 g/mol. The number of nitrogens with one attached hydrogen (secondary N) is 1. The molecule has 2 aromatic rings. The van der Waals surface area contributed by atoms with Gasteiger partial charge in [0, 0.05) is 11.1 Å². The van der Waals surface area contributed by atoms with E-state index >= 15 is 0 Å². The van der Waals surface area contributed by atoms with Crippen molar-refractivity contribution in [2.75, 3.05) is 7.11 Å². The summed E-state index contributed by atoms with van der Waals surface area (Å²) in [5, 5.41) is 0. The minimum atomic E-state index is -4.06. The third-order valence-corrected chi connectivity index (χ3v) is 4.46. The van der Waals surface area contributed by atoms with Crippen molar-refractivity contribution in [2.24, 2.45) is 0 Å². The lowest BCUT2D eigenvalue weighted by molar-refractivity contribution is 0.0979. The Kier molecular flexibility index (Phi) is 4.80. The van der Waals surface area contributed by atoms with Gasteiger partial charge in [0.2, 0.25) is 0 Å². The number of carbonyl (C=O) groups excluding carboxylic acids is 2. The van der Waals surface area contributed by atoms with Crippen LogP contribution in [-0.2, 0) is 10.0 Å². The smallest absolute Gasteiger partial charge is 0.265 e. The van der Waals surface area contributed by atoms with Crippen molar-refractivity contribution in [2.45, 2.75) is 11.8 Å². The van der Waals surface area contributed by atoms with E-state index in [2.05, 4.69) is 0 Å². The molecule has 23 heavy (non-hydrogen) atoms. The van der Waals surface area contributed by atoms with Gasteiger partial charge in [-0.15, -0.1) is 0 Å². The molecule has 0 unspecified atom stereocenters. The summed E-state index contributed by atoms with van der Waals surface area (Å²) in [5.74, 6) is -0.469. The maximum Gasteiger partial charge on any atom is 0.265 e. The first-order valence-corrected chi connectivity index (χ1v) is 8.14. The summed E-state index contributed by atoms with van der Waals surface area (Å²) in [6.45, 7) is 1.33. The number of rotatable bonds is 5. The van der Waals surface area contributed by atoms with E-state index in [-0.39, 0.29) is 21.8 Å². The lowest BCUT2D eigenvalue weighted by Gasteiger charge is -2.08. The summed E-state index contributed by atoms with van der Waals surface area (Å²) in [6.07, 6.45) is 0. The van der Waals surface area contributed by atoms with Crippen LogP contribution < -0.4 is 9.46 Å². The van der Waals surface area contributed by atoms with Crippen LogP contribution in [0.4, 0.5) is 0 Å². The topological polar surface area (TPSA) is 89.5 Å². The van der Waals surface area contributed by atoms with Crippen molar-refractivity contribution in [1.82, 2.24) is 4.72 Å². The molecule has 0 fully saturated rings. The molecule has 0 bridgehead atoms. The number of hydrogen-bond donors (Lipinski definition) is 1. The lowest BCUT2D eigenvalue weighted by Crippen LogP contribution is -2.30. The maximum atomic E-state index is 12.2. The molecule has 0 spiro atoms. The van der Waals surface area contributed by atoms with E-state index < -0.39 is 15.9 Å². The van der Waals surface area contributed by atoms with E-state index in [9.17, 15) is 18.0 Å². The van der Waals surface area contributed by atoms with Crippen molar-refractivity contribution in [3.05, 3.63) is 59.7 Å². The molecular formula is C16H15NO5S. The molecule has 6 nitrogen and oxygen atoms in total. The van der Waals surface area contributed by atoms with E-state index in [0.29, 0.717) is 5.75 Å².